The van der Waals surface area contributed by atoms with E-state index < -0.39 is 15.8 Å². The highest BCUT2D eigenvalue weighted by Crippen LogP contribution is 2.27. The van der Waals surface area contributed by atoms with Crippen LogP contribution in [0.2, 0.25) is 0 Å². The predicted octanol–water partition coefficient (Wildman–Crippen LogP) is 3.31. The fraction of sp³-hybridized carbons (Fsp3) is 0.150. The first-order valence-electron chi connectivity index (χ1n) is 8.62. The number of carbonyl (C=O) groups excluding carboxylic acids is 1. The first kappa shape index (κ1) is 20.6. The van der Waals surface area contributed by atoms with E-state index >= 15 is 0 Å². The maximum Gasteiger partial charge on any atom is 0.241 e. The lowest BCUT2D eigenvalue weighted by Gasteiger charge is -2.10. The van der Waals surface area contributed by atoms with E-state index in [1.165, 1.54) is 31.4 Å². The smallest absolute Gasteiger partial charge is 0.241 e. The highest BCUT2D eigenvalue weighted by atomic mass is 32.2. The molecule has 0 radical (unpaired) electrons. The maximum atomic E-state index is 13.8. The van der Waals surface area contributed by atoms with E-state index in [2.05, 4.69) is 5.32 Å². The van der Waals surface area contributed by atoms with Crippen LogP contribution in [0.15, 0.2) is 63.9 Å². The first-order valence-corrected chi connectivity index (χ1v) is 10.2. The number of nitrogens with one attached hydrogen (secondary N) is 1. The third kappa shape index (κ3) is 5.01. The molecule has 1 aromatic heterocycles. The molecule has 0 aliphatic carbocycles. The molecule has 0 unspecified atom stereocenters. The Kier molecular flexibility index (Phi) is 6.00. The number of amides is 1. The molecular formula is C20H19FN2O5S. The van der Waals surface area contributed by atoms with Gasteiger partial charge in [-0.15, -0.1) is 0 Å². The molecule has 0 saturated carbocycles. The number of halogens is 1. The average Bonchev–Trinajstić information content (AvgIpc) is 3.15. The lowest BCUT2D eigenvalue weighted by molar-refractivity contribution is -0.116. The van der Waals surface area contributed by atoms with Crippen molar-refractivity contribution >= 4 is 21.6 Å². The fourth-order valence-electron chi connectivity index (χ4n) is 2.76. The van der Waals surface area contributed by atoms with Gasteiger partial charge in [-0.1, -0.05) is 12.1 Å². The predicted molar refractivity (Wildman–Crippen MR) is 105 cm³/mol. The van der Waals surface area contributed by atoms with Crippen molar-refractivity contribution in [2.75, 3.05) is 12.4 Å². The monoisotopic (exact) mass is 418 g/mol. The van der Waals surface area contributed by atoms with E-state index in [0.29, 0.717) is 23.5 Å². The number of hydrogen-bond acceptors (Lipinski definition) is 5. The Bertz CT molecular complexity index is 1140. The van der Waals surface area contributed by atoms with Crippen LogP contribution in [0.25, 0.3) is 11.3 Å². The highest BCUT2D eigenvalue weighted by molar-refractivity contribution is 7.89. The minimum Gasteiger partial charge on any atom is -0.495 e. The summed E-state index contributed by atoms with van der Waals surface area (Å²) < 4.78 is 47.7. The van der Waals surface area contributed by atoms with Gasteiger partial charge in [-0.25, -0.2) is 17.9 Å². The van der Waals surface area contributed by atoms with E-state index in [9.17, 15) is 17.6 Å². The van der Waals surface area contributed by atoms with Crippen molar-refractivity contribution in [1.82, 2.24) is 0 Å². The van der Waals surface area contributed by atoms with Gasteiger partial charge in [-0.2, -0.15) is 0 Å². The number of ether oxygens (including phenoxy) is 1. The number of hydrogen-bond donors (Lipinski definition) is 2. The zero-order valence-corrected chi connectivity index (χ0v) is 16.3. The Morgan fingerprint density at radius 1 is 1.17 bits per heavy atom. The van der Waals surface area contributed by atoms with Crippen molar-refractivity contribution < 1.29 is 26.8 Å². The van der Waals surface area contributed by atoms with Gasteiger partial charge in [0.2, 0.25) is 15.9 Å². The van der Waals surface area contributed by atoms with Crippen LogP contribution in [0.3, 0.4) is 0 Å². The summed E-state index contributed by atoms with van der Waals surface area (Å²) in [6, 6.07) is 13.7. The molecule has 0 aliphatic heterocycles. The Balaban J connectivity index is 1.65. The Hall–Kier alpha value is -3.17. The van der Waals surface area contributed by atoms with Crippen molar-refractivity contribution in [2.24, 2.45) is 5.14 Å². The molecule has 0 spiro atoms. The van der Waals surface area contributed by atoms with Gasteiger partial charge in [-0.3, -0.25) is 4.79 Å². The van der Waals surface area contributed by atoms with Crippen LogP contribution in [0.5, 0.6) is 5.75 Å². The molecule has 3 aromatic rings. The molecule has 0 fully saturated rings. The molecule has 0 saturated heterocycles. The first-order chi connectivity index (χ1) is 13.8. The van der Waals surface area contributed by atoms with Crippen LogP contribution in [0, 0.1) is 5.82 Å². The molecule has 0 atom stereocenters. The van der Waals surface area contributed by atoms with Crippen molar-refractivity contribution in [3.8, 4) is 17.1 Å². The summed E-state index contributed by atoms with van der Waals surface area (Å²) in [4.78, 5) is 12.0. The number of nitrogens with two attached hydrogens (primary N) is 1. The van der Waals surface area contributed by atoms with E-state index in [4.69, 9.17) is 14.3 Å². The highest BCUT2D eigenvalue weighted by Gasteiger charge is 2.17. The van der Waals surface area contributed by atoms with Gasteiger partial charge in [0.25, 0.3) is 0 Å². The van der Waals surface area contributed by atoms with Gasteiger partial charge in [0.15, 0.2) is 0 Å². The van der Waals surface area contributed by atoms with Crippen molar-refractivity contribution in [1.29, 1.82) is 0 Å². The quantitative estimate of drug-likeness (QED) is 0.611. The topological polar surface area (TPSA) is 112 Å². The van der Waals surface area contributed by atoms with Gasteiger partial charge in [-0.05, 0) is 42.5 Å². The van der Waals surface area contributed by atoms with Crippen LogP contribution < -0.4 is 15.2 Å². The summed E-state index contributed by atoms with van der Waals surface area (Å²) in [5.74, 6) is 0.252. The molecule has 1 heterocycles. The van der Waals surface area contributed by atoms with Crippen LogP contribution in [0.4, 0.5) is 10.1 Å². The molecule has 152 valence electrons. The van der Waals surface area contributed by atoms with Crippen molar-refractivity contribution in [3.63, 3.8) is 0 Å². The van der Waals surface area contributed by atoms with E-state index in [1.807, 2.05) is 0 Å². The van der Waals surface area contributed by atoms with Gasteiger partial charge in [0.05, 0.1) is 12.7 Å². The minimum atomic E-state index is -4.01. The molecule has 3 N–H and O–H groups in total. The summed E-state index contributed by atoms with van der Waals surface area (Å²) in [6.07, 6.45) is 0.374. The number of aryl methyl sites for hydroxylation is 1. The van der Waals surface area contributed by atoms with Crippen molar-refractivity contribution in [3.05, 3.63) is 66.2 Å². The molecule has 9 heteroatoms. The van der Waals surface area contributed by atoms with Crippen LogP contribution in [-0.2, 0) is 21.2 Å². The van der Waals surface area contributed by atoms with E-state index in [-0.39, 0.29) is 28.7 Å². The lowest BCUT2D eigenvalue weighted by Crippen LogP contribution is -2.16. The number of anilines is 1. The maximum absolute atomic E-state index is 13.8. The normalized spacial score (nSPS) is 11.3. The van der Waals surface area contributed by atoms with E-state index in [0.717, 1.165) is 0 Å². The summed E-state index contributed by atoms with van der Waals surface area (Å²) in [5, 5.41) is 7.78. The molecule has 1 amide bonds. The number of rotatable bonds is 7. The molecule has 2 aromatic carbocycles. The molecule has 3 rings (SSSR count). The Labute approximate surface area is 167 Å². The SMILES string of the molecule is COc1ccc(NC(=O)CCc2ccc(-c3ccccc3F)o2)cc1S(N)(=O)=O. The zero-order chi connectivity index (χ0) is 21.0. The standard InChI is InChI=1S/C20H19FN2O5S/c1-27-18-9-6-13(12-19(18)29(22,25)26)23-20(24)11-8-14-7-10-17(28-14)15-4-2-3-5-16(15)21/h2-7,9-10,12H,8,11H2,1H3,(H,23,24)(H2,22,25,26). The second-order valence-electron chi connectivity index (χ2n) is 6.20. The fourth-order valence-corrected chi connectivity index (χ4v) is 3.48. The molecular weight excluding hydrogens is 399 g/mol. The molecule has 7 nitrogen and oxygen atoms in total. The van der Waals surface area contributed by atoms with Crippen LogP contribution >= 0.6 is 0 Å². The molecule has 0 aliphatic rings. The third-order valence-electron chi connectivity index (χ3n) is 4.15. The minimum absolute atomic E-state index is 0.0843. The molecule has 0 bridgehead atoms. The summed E-state index contributed by atoms with van der Waals surface area (Å²) >= 11 is 0. The van der Waals surface area contributed by atoms with Crippen LogP contribution in [-0.4, -0.2) is 21.4 Å². The van der Waals surface area contributed by atoms with Gasteiger partial charge in [0.1, 0.15) is 28.0 Å². The van der Waals surface area contributed by atoms with Crippen molar-refractivity contribution in [2.45, 2.75) is 17.7 Å². The number of carbonyl (C=O) groups is 1. The lowest BCUT2D eigenvalue weighted by atomic mass is 10.1. The second-order valence-corrected chi connectivity index (χ2v) is 7.73. The number of methoxy groups -OCH3 is 1. The number of benzene rings is 2. The summed E-state index contributed by atoms with van der Waals surface area (Å²) in [6.45, 7) is 0. The van der Waals surface area contributed by atoms with Gasteiger partial charge >= 0.3 is 0 Å². The Morgan fingerprint density at radius 3 is 2.62 bits per heavy atom. The van der Waals surface area contributed by atoms with E-state index in [1.54, 1.807) is 30.3 Å². The zero-order valence-electron chi connectivity index (χ0n) is 15.5. The summed E-state index contributed by atoms with van der Waals surface area (Å²) in [5.41, 5.74) is 0.614. The van der Waals surface area contributed by atoms with Gasteiger partial charge in [0, 0.05) is 18.5 Å². The molecule has 29 heavy (non-hydrogen) atoms. The third-order valence-corrected chi connectivity index (χ3v) is 5.09. The second kappa shape index (κ2) is 8.46. The van der Waals surface area contributed by atoms with Gasteiger partial charge < -0.3 is 14.5 Å². The van der Waals surface area contributed by atoms with Crippen LogP contribution in [0.1, 0.15) is 12.2 Å². The number of primary sulfonamides is 1. The average molecular weight is 418 g/mol. The number of furan rings is 1. The Morgan fingerprint density at radius 2 is 1.93 bits per heavy atom. The largest absolute Gasteiger partial charge is 0.495 e. The summed E-state index contributed by atoms with van der Waals surface area (Å²) in [7, 11) is -2.69. The number of sulfonamides is 1.